The summed E-state index contributed by atoms with van der Waals surface area (Å²) >= 11 is 0. The first-order valence-electron chi connectivity index (χ1n) is 10.5. The van der Waals surface area contributed by atoms with E-state index in [1.807, 2.05) is 36.4 Å². The van der Waals surface area contributed by atoms with E-state index in [-0.39, 0.29) is 10.3 Å². The number of sulfonamides is 1. The second-order valence-electron chi connectivity index (χ2n) is 8.93. The fourth-order valence-corrected chi connectivity index (χ4v) is 4.73. The molecule has 1 aromatic heterocycles. The van der Waals surface area contributed by atoms with Gasteiger partial charge in [-0.3, -0.25) is 4.72 Å². The van der Waals surface area contributed by atoms with Gasteiger partial charge in [-0.1, -0.05) is 45.0 Å². The van der Waals surface area contributed by atoms with E-state index in [1.165, 1.54) is 12.8 Å². The first-order valence-corrected chi connectivity index (χ1v) is 12.0. The minimum atomic E-state index is -3.69. The van der Waals surface area contributed by atoms with Crippen LogP contribution in [0.5, 0.6) is 0 Å². The average molecular weight is 437 g/mol. The quantitative estimate of drug-likeness (QED) is 0.619. The predicted octanol–water partition coefficient (Wildman–Crippen LogP) is 4.84. The van der Waals surface area contributed by atoms with Crippen molar-refractivity contribution in [1.82, 2.24) is 10.2 Å². The van der Waals surface area contributed by atoms with E-state index < -0.39 is 10.0 Å². The van der Waals surface area contributed by atoms with Crippen molar-refractivity contribution in [2.24, 2.45) is 0 Å². The molecule has 0 saturated carbocycles. The Morgan fingerprint density at radius 3 is 2.23 bits per heavy atom. The lowest BCUT2D eigenvalue weighted by molar-refractivity contribution is 0.587. The number of rotatable bonds is 5. The highest BCUT2D eigenvalue weighted by atomic mass is 32.2. The van der Waals surface area contributed by atoms with E-state index >= 15 is 0 Å². The zero-order valence-electron chi connectivity index (χ0n) is 18.2. The van der Waals surface area contributed by atoms with Gasteiger partial charge in [0.25, 0.3) is 10.0 Å². The molecule has 1 aliphatic heterocycles. The highest BCUT2D eigenvalue weighted by molar-refractivity contribution is 7.92. The molecule has 2 aromatic carbocycles. The van der Waals surface area contributed by atoms with Gasteiger partial charge in [-0.15, -0.1) is 10.2 Å². The summed E-state index contributed by atoms with van der Waals surface area (Å²) in [7, 11) is -3.69. The summed E-state index contributed by atoms with van der Waals surface area (Å²) in [4.78, 5) is 2.47. The molecule has 162 valence electrons. The van der Waals surface area contributed by atoms with E-state index in [4.69, 9.17) is 0 Å². The predicted molar refractivity (Wildman–Crippen MR) is 125 cm³/mol. The van der Waals surface area contributed by atoms with Crippen molar-refractivity contribution in [3.8, 4) is 11.3 Å². The minimum absolute atomic E-state index is 0.0323. The van der Waals surface area contributed by atoms with Crippen LogP contribution in [0.2, 0.25) is 0 Å². The number of nitrogens with zero attached hydrogens (tertiary/aromatic N) is 3. The molecule has 2 heterocycles. The van der Waals surface area contributed by atoms with Crippen LogP contribution >= 0.6 is 0 Å². The van der Waals surface area contributed by atoms with Crippen molar-refractivity contribution in [3.63, 3.8) is 0 Å². The molecule has 0 spiro atoms. The van der Waals surface area contributed by atoms with Gasteiger partial charge in [0.15, 0.2) is 5.82 Å². The van der Waals surface area contributed by atoms with Crippen LogP contribution in [0.3, 0.4) is 0 Å². The standard InChI is InChI=1S/C24H28N4O2S/c1-24(2,3)19-9-11-21(12-10-19)31(29,30)27-20-8-6-7-18(17-20)22-13-14-23(26-25-22)28-15-4-5-16-28/h6-14,17,27H,4-5,15-16H2,1-3H3. The molecule has 1 aliphatic rings. The van der Waals surface area contributed by atoms with E-state index in [0.717, 1.165) is 30.0 Å². The summed E-state index contributed by atoms with van der Waals surface area (Å²) in [6.45, 7) is 8.33. The number of hydrogen-bond acceptors (Lipinski definition) is 5. The van der Waals surface area contributed by atoms with Gasteiger partial charge in [0.1, 0.15) is 0 Å². The third kappa shape index (κ3) is 4.88. The molecule has 1 N–H and O–H groups in total. The Hall–Kier alpha value is -2.93. The zero-order valence-corrected chi connectivity index (χ0v) is 19.0. The van der Waals surface area contributed by atoms with Gasteiger partial charge in [-0.05, 0) is 60.2 Å². The van der Waals surface area contributed by atoms with Crippen molar-refractivity contribution >= 4 is 21.5 Å². The Kier molecular flexibility index (Phi) is 5.71. The Morgan fingerprint density at radius 2 is 1.61 bits per heavy atom. The van der Waals surface area contributed by atoms with Crippen LogP contribution in [0.4, 0.5) is 11.5 Å². The molecule has 1 fully saturated rings. The SMILES string of the molecule is CC(C)(C)c1ccc(S(=O)(=O)Nc2cccc(-c3ccc(N4CCCC4)nn3)c2)cc1. The lowest BCUT2D eigenvalue weighted by atomic mass is 9.87. The fraction of sp³-hybridized carbons (Fsp3) is 0.333. The fourth-order valence-electron chi connectivity index (χ4n) is 3.68. The molecule has 6 nitrogen and oxygen atoms in total. The van der Waals surface area contributed by atoms with E-state index in [0.29, 0.717) is 11.4 Å². The van der Waals surface area contributed by atoms with Crippen molar-refractivity contribution in [1.29, 1.82) is 0 Å². The molecule has 0 aliphatic carbocycles. The normalized spacial score (nSPS) is 14.6. The Morgan fingerprint density at radius 1 is 0.903 bits per heavy atom. The van der Waals surface area contributed by atoms with Crippen LogP contribution in [0.15, 0.2) is 65.6 Å². The summed E-state index contributed by atoms with van der Waals surface area (Å²) in [5, 5.41) is 8.71. The molecule has 1 saturated heterocycles. The average Bonchev–Trinajstić information content (AvgIpc) is 3.28. The lowest BCUT2D eigenvalue weighted by Gasteiger charge is -2.19. The van der Waals surface area contributed by atoms with Crippen molar-refractivity contribution in [2.75, 3.05) is 22.7 Å². The van der Waals surface area contributed by atoms with Gasteiger partial charge >= 0.3 is 0 Å². The summed E-state index contributed by atoms with van der Waals surface area (Å²) in [6.07, 6.45) is 2.37. The van der Waals surface area contributed by atoms with Gasteiger partial charge in [0.2, 0.25) is 0 Å². The first-order chi connectivity index (χ1) is 14.7. The molecule has 4 rings (SSSR count). The Labute approximate surface area is 184 Å². The third-order valence-electron chi connectivity index (χ3n) is 5.52. The van der Waals surface area contributed by atoms with E-state index in [2.05, 4.69) is 40.6 Å². The van der Waals surface area contributed by atoms with Crippen LogP contribution in [0, 0.1) is 0 Å². The highest BCUT2D eigenvalue weighted by Crippen LogP contribution is 2.26. The molecule has 31 heavy (non-hydrogen) atoms. The molecule has 0 bridgehead atoms. The summed E-state index contributed by atoms with van der Waals surface area (Å²) in [6, 6.07) is 18.1. The lowest BCUT2D eigenvalue weighted by Crippen LogP contribution is -2.19. The third-order valence-corrected chi connectivity index (χ3v) is 6.92. The van der Waals surface area contributed by atoms with Crippen molar-refractivity contribution in [3.05, 3.63) is 66.2 Å². The Balaban J connectivity index is 1.52. The van der Waals surface area contributed by atoms with Gasteiger partial charge in [0, 0.05) is 24.3 Å². The molecule has 0 atom stereocenters. The topological polar surface area (TPSA) is 75.2 Å². The molecular formula is C24H28N4O2S. The van der Waals surface area contributed by atoms with Crippen LogP contribution in [-0.4, -0.2) is 31.7 Å². The van der Waals surface area contributed by atoms with E-state index in [9.17, 15) is 8.42 Å². The van der Waals surface area contributed by atoms with Gasteiger partial charge in [-0.2, -0.15) is 0 Å². The Bertz CT molecular complexity index is 1150. The number of aromatic nitrogens is 2. The number of nitrogens with one attached hydrogen (secondary N) is 1. The van der Waals surface area contributed by atoms with Crippen LogP contribution in [-0.2, 0) is 15.4 Å². The summed E-state index contributed by atoms with van der Waals surface area (Å²) < 4.78 is 28.4. The second-order valence-corrected chi connectivity index (χ2v) is 10.6. The monoisotopic (exact) mass is 436 g/mol. The largest absolute Gasteiger partial charge is 0.355 e. The van der Waals surface area contributed by atoms with Crippen LogP contribution < -0.4 is 9.62 Å². The molecular weight excluding hydrogens is 408 g/mol. The maximum atomic E-state index is 12.9. The molecule has 3 aromatic rings. The molecule has 0 radical (unpaired) electrons. The van der Waals surface area contributed by atoms with Gasteiger partial charge in [-0.25, -0.2) is 8.42 Å². The van der Waals surface area contributed by atoms with Crippen LogP contribution in [0.25, 0.3) is 11.3 Å². The zero-order chi connectivity index (χ0) is 22.1. The minimum Gasteiger partial charge on any atom is -0.355 e. The van der Waals surface area contributed by atoms with Gasteiger partial charge < -0.3 is 4.90 Å². The van der Waals surface area contributed by atoms with E-state index in [1.54, 1.807) is 24.3 Å². The van der Waals surface area contributed by atoms with Gasteiger partial charge in [0.05, 0.1) is 10.6 Å². The maximum Gasteiger partial charge on any atom is 0.261 e. The first kappa shape index (κ1) is 21.3. The highest BCUT2D eigenvalue weighted by Gasteiger charge is 2.18. The number of anilines is 2. The number of hydrogen-bond donors (Lipinski definition) is 1. The summed E-state index contributed by atoms with van der Waals surface area (Å²) in [5.41, 5.74) is 3.06. The van der Waals surface area contributed by atoms with Crippen molar-refractivity contribution in [2.45, 2.75) is 43.9 Å². The maximum absolute atomic E-state index is 12.9. The molecule has 0 amide bonds. The smallest absolute Gasteiger partial charge is 0.261 e. The molecule has 7 heteroatoms. The number of benzene rings is 2. The summed E-state index contributed by atoms with van der Waals surface area (Å²) in [5.74, 6) is 0.886. The molecule has 0 unspecified atom stereocenters. The van der Waals surface area contributed by atoms with Crippen LogP contribution in [0.1, 0.15) is 39.2 Å². The van der Waals surface area contributed by atoms with Crippen molar-refractivity contribution < 1.29 is 8.42 Å². The second kappa shape index (κ2) is 8.30.